The maximum Gasteiger partial charge on any atom is 0.185 e. The van der Waals surface area contributed by atoms with Gasteiger partial charge in [0.2, 0.25) is 0 Å². The Labute approximate surface area is 107 Å². The molecule has 0 amide bonds. The van der Waals surface area contributed by atoms with Crippen molar-refractivity contribution in [2.45, 2.75) is 25.8 Å². The Hall–Kier alpha value is -0.650. The first kappa shape index (κ1) is 12.8. The standard InChI is InChI=1S/C12H21N3OS/c1-9(13)11-7-14-12(17-11)15(2)5-6-16-8-10-3-4-10/h7,9-10H,3-6,8,13H2,1-2H3. The number of nitrogens with two attached hydrogens (primary N) is 1. The van der Waals surface area contributed by atoms with Gasteiger partial charge >= 0.3 is 0 Å². The van der Waals surface area contributed by atoms with E-state index in [4.69, 9.17) is 10.5 Å². The van der Waals surface area contributed by atoms with Gasteiger partial charge in [-0.3, -0.25) is 0 Å². The highest BCUT2D eigenvalue weighted by molar-refractivity contribution is 7.15. The first-order chi connectivity index (χ1) is 8.16. The van der Waals surface area contributed by atoms with E-state index in [-0.39, 0.29) is 6.04 Å². The lowest BCUT2D eigenvalue weighted by molar-refractivity contribution is 0.131. The first-order valence-corrected chi connectivity index (χ1v) is 6.98. The van der Waals surface area contributed by atoms with E-state index in [1.807, 2.05) is 20.2 Å². The molecule has 1 atom stereocenters. The van der Waals surface area contributed by atoms with E-state index < -0.39 is 0 Å². The summed E-state index contributed by atoms with van der Waals surface area (Å²) < 4.78 is 5.61. The molecule has 1 saturated carbocycles. The molecule has 0 aromatic carbocycles. The molecule has 1 heterocycles. The Morgan fingerprint density at radius 1 is 1.65 bits per heavy atom. The van der Waals surface area contributed by atoms with E-state index in [9.17, 15) is 0 Å². The lowest BCUT2D eigenvalue weighted by atomic mass is 10.3. The van der Waals surface area contributed by atoms with Crippen molar-refractivity contribution >= 4 is 16.5 Å². The minimum absolute atomic E-state index is 0.0702. The van der Waals surface area contributed by atoms with Crippen LogP contribution in [0.15, 0.2) is 6.20 Å². The summed E-state index contributed by atoms with van der Waals surface area (Å²) in [5.41, 5.74) is 5.82. The van der Waals surface area contributed by atoms with E-state index in [2.05, 4.69) is 9.88 Å². The Bertz CT molecular complexity index is 349. The maximum absolute atomic E-state index is 5.82. The number of aromatic nitrogens is 1. The van der Waals surface area contributed by atoms with Crippen molar-refractivity contribution in [3.63, 3.8) is 0 Å². The van der Waals surface area contributed by atoms with Gasteiger partial charge in [-0.2, -0.15) is 0 Å². The smallest absolute Gasteiger partial charge is 0.185 e. The van der Waals surface area contributed by atoms with Crippen molar-refractivity contribution in [1.29, 1.82) is 0 Å². The van der Waals surface area contributed by atoms with Gasteiger partial charge in [0, 0.05) is 37.3 Å². The molecule has 1 aromatic heterocycles. The predicted molar refractivity (Wildman–Crippen MR) is 71.5 cm³/mol. The fraction of sp³-hybridized carbons (Fsp3) is 0.750. The van der Waals surface area contributed by atoms with Gasteiger partial charge in [0.05, 0.1) is 6.61 Å². The quantitative estimate of drug-likeness (QED) is 0.757. The number of ether oxygens (including phenoxy) is 1. The number of thiazole rings is 1. The minimum Gasteiger partial charge on any atom is -0.379 e. The van der Waals surface area contributed by atoms with Crippen LogP contribution in [0.4, 0.5) is 5.13 Å². The molecule has 1 fully saturated rings. The highest BCUT2D eigenvalue weighted by atomic mass is 32.1. The largest absolute Gasteiger partial charge is 0.379 e. The molecule has 0 spiro atoms. The molecular formula is C12H21N3OS. The molecule has 1 aliphatic rings. The lowest BCUT2D eigenvalue weighted by Gasteiger charge is -2.15. The van der Waals surface area contributed by atoms with Crippen molar-refractivity contribution < 1.29 is 4.74 Å². The molecule has 0 radical (unpaired) electrons. The van der Waals surface area contributed by atoms with Gasteiger partial charge in [0.15, 0.2) is 5.13 Å². The molecule has 2 N–H and O–H groups in total. The van der Waals surface area contributed by atoms with E-state index in [1.54, 1.807) is 11.3 Å². The van der Waals surface area contributed by atoms with E-state index >= 15 is 0 Å². The summed E-state index contributed by atoms with van der Waals surface area (Å²) >= 11 is 1.66. The highest BCUT2D eigenvalue weighted by Gasteiger charge is 2.21. The fourth-order valence-corrected chi connectivity index (χ4v) is 2.35. The maximum atomic E-state index is 5.82. The molecule has 1 unspecified atom stereocenters. The zero-order valence-corrected chi connectivity index (χ0v) is 11.4. The molecule has 1 aliphatic carbocycles. The minimum atomic E-state index is 0.0702. The second-order valence-electron chi connectivity index (χ2n) is 4.77. The summed E-state index contributed by atoms with van der Waals surface area (Å²) in [6, 6.07) is 0.0702. The van der Waals surface area contributed by atoms with Crippen LogP contribution in [0.25, 0.3) is 0 Å². The van der Waals surface area contributed by atoms with Crippen LogP contribution in [0, 0.1) is 5.92 Å². The molecule has 2 rings (SSSR count). The van der Waals surface area contributed by atoms with E-state index in [1.165, 1.54) is 12.8 Å². The van der Waals surface area contributed by atoms with Crippen LogP contribution in [0.5, 0.6) is 0 Å². The number of anilines is 1. The summed E-state index contributed by atoms with van der Waals surface area (Å²) in [4.78, 5) is 7.63. The second-order valence-corrected chi connectivity index (χ2v) is 5.81. The van der Waals surface area contributed by atoms with Gasteiger partial charge in [-0.1, -0.05) is 0 Å². The van der Waals surface area contributed by atoms with Crippen LogP contribution in [0.3, 0.4) is 0 Å². The molecule has 1 aromatic rings. The first-order valence-electron chi connectivity index (χ1n) is 6.17. The van der Waals surface area contributed by atoms with Crippen molar-refractivity contribution in [2.75, 3.05) is 31.7 Å². The van der Waals surface area contributed by atoms with Gasteiger partial charge in [-0.25, -0.2) is 4.98 Å². The number of nitrogens with zero attached hydrogens (tertiary/aromatic N) is 2. The molecule has 5 heteroatoms. The van der Waals surface area contributed by atoms with Gasteiger partial charge in [-0.05, 0) is 25.7 Å². The average Bonchev–Trinajstić information content (AvgIpc) is 2.97. The molecule has 0 saturated heterocycles. The van der Waals surface area contributed by atoms with Gasteiger partial charge in [0.25, 0.3) is 0 Å². The topological polar surface area (TPSA) is 51.4 Å². The van der Waals surface area contributed by atoms with Gasteiger partial charge in [-0.15, -0.1) is 11.3 Å². The number of hydrogen-bond donors (Lipinski definition) is 1. The third-order valence-corrected chi connectivity index (χ3v) is 4.22. The SMILES string of the molecule is CC(N)c1cnc(N(C)CCOCC2CC2)s1. The summed E-state index contributed by atoms with van der Waals surface area (Å²) in [5.74, 6) is 0.838. The third-order valence-electron chi connectivity index (χ3n) is 2.91. The zero-order chi connectivity index (χ0) is 12.3. The molecule has 0 aliphatic heterocycles. The van der Waals surface area contributed by atoms with Crippen LogP contribution < -0.4 is 10.6 Å². The fourth-order valence-electron chi connectivity index (χ4n) is 1.50. The van der Waals surface area contributed by atoms with E-state index in [0.717, 1.165) is 35.7 Å². The van der Waals surface area contributed by atoms with Crippen molar-refractivity contribution in [3.05, 3.63) is 11.1 Å². The third kappa shape index (κ3) is 3.94. The highest BCUT2D eigenvalue weighted by Crippen LogP contribution is 2.29. The summed E-state index contributed by atoms with van der Waals surface area (Å²) in [6.45, 7) is 4.57. The van der Waals surface area contributed by atoms with Crippen LogP contribution in [0.1, 0.15) is 30.7 Å². The molecule has 0 bridgehead atoms. The van der Waals surface area contributed by atoms with Crippen molar-refractivity contribution in [2.24, 2.45) is 11.7 Å². The summed E-state index contributed by atoms with van der Waals surface area (Å²) in [5, 5.41) is 1.02. The average molecular weight is 255 g/mol. The summed E-state index contributed by atoms with van der Waals surface area (Å²) in [7, 11) is 2.05. The van der Waals surface area contributed by atoms with Gasteiger partial charge in [0.1, 0.15) is 0 Å². The number of rotatable bonds is 7. The Morgan fingerprint density at radius 3 is 3.00 bits per heavy atom. The van der Waals surface area contributed by atoms with Crippen molar-refractivity contribution in [3.8, 4) is 0 Å². The second kappa shape index (κ2) is 5.80. The van der Waals surface area contributed by atoms with E-state index in [0.29, 0.717) is 0 Å². The van der Waals surface area contributed by atoms with Crippen LogP contribution in [-0.2, 0) is 4.74 Å². The monoisotopic (exact) mass is 255 g/mol. The normalized spacial score (nSPS) is 17.1. The Morgan fingerprint density at radius 2 is 2.41 bits per heavy atom. The molecule has 17 heavy (non-hydrogen) atoms. The predicted octanol–water partition coefficient (Wildman–Crippen LogP) is 2.03. The van der Waals surface area contributed by atoms with Gasteiger partial charge < -0.3 is 15.4 Å². The Balaban J connectivity index is 1.71. The van der Waals surface area contributed by atoms with Crippen LogP contribution in [-0.4, -0.2) is 31.8 Å². The van der Waals surface area contributed by atoms with Crippen LogP contribution in [0.2, 0.25) is 0 Å². The molecule has 4 nitrogen and oxygen atoms in total. The van der Waals surface area contributed by atoms with Crippen LogP contribution >= 0.6 is 11.3 Å². The number of hydrogen-bond acceptors (Lipinski definition) is 5. The lowest BCUT2D eigenvalue weighted by Crippen LogP contribution is -2.22. The van der Waals surface area contributed by atoms with Crippen molar-refractivity contribution in [1.82, 2.24) is 4.98 Å². The zero-order valence-electron chi connectivity index (χ0n) is 10.6. The number of likely N-dealkylation sites (N-methyl/N-ethyl adjacent to an activating group) is 1. The molecule has 96 valence electrons. The molecular weight excluding hydrogens is 234 g/mol. The Kier molecular flexibility index (Phi) is 4.36. The summed E-state index contributed by atoms with van der Waals surface area (Å²) in [6.07, 6.45) is 4.56.